The highest BCUT2D eigenvalue weighted by atomic mass is 19.3. The molecule has 2 rings (SSSR count). The Balaban J connectivity index is 3.07. The first kappa shape index (κ1) is 12.4. The fourth-order valence-electron chi connectivity index (χ4n) is 1.90. The fraction of sp³-hybridized carbons (Fsp3) is 0.364. The number of hydrogen-bond acceptors (Lipinski definition) is 3. The van der Waals surface area contributed by atoms with Crippen molar-refractivity contribution in [1.29, 1.82) is 0 Å². The Morgan fingerprint density at radius 2 is 1.83 bits per heavy atom. The molecule has 0 saturated carbocycles. The second-order valence-corrected chi connectivity index (χ2v) is 4.03. The van der Waals surface area contributed by atoms with Crippen LogP contribution < -0.4 is 11.2 Å². The van der Waals surface area contributed by atoms with Crippen LogP contribution in [0, 0.1) is 6.92 Å². The van der Waals surface area contributed by atoms with Crippen molar-refractivity contribution in [1.82, 2.24) is 14.1 Å². The van der Waals surface area contributed by atoms with Gasteiger partial charge in [-0.25, -0.2) is 13.6 Å². The number of fused-ring (bicyclic) bond motifs is 1. The maximum atomic E-state index is 12.7. The first-order valence-electron chi connectivity index (χ1n) is 5.20. The van der Waals surface area contributed by atoms with Crippen molar-refractivity contribution in [2.75, 3.05) is 0 Å². The minimum absolute atomic E-state index is 0.172. The third-order valence-electron chi connectivity index (χ3n) is 2.88. The lowest BCUT2D eigenvalue weighted by molar-refractivity contribution is 0.146. The van der Waals surface area contributed by atoms with Gasteiger partial charge in [0, 0.05) is 14.1 Å². The minimum Gasteiger partial charge on any atom is -0.296 e. The van der Waals surface area contributed by atoms with Gasteiger partial charge in [0.15, 0.2) is 0 Å². The van der Waals surface area contributed by atoms with Gasteiger partial charge in [0.1, 0.15) is 5.69 Å². The Morgan fingerprint density at radius 3 is 2.39 bits per heavy atom. The maximum absolute atomic E-state index is 12.7. The van der Waals surface area contributed by atoms with Gasteiger partial charge in [-0.05, 0) is 13.0 Å². The summed E-state index contributed by atoms with van der Waals surface area (Å²) in [6, 6.07) is 1.08. The molecule has 0 aromatic carbocycles. The van der Waals surface area contributed by atoms with E-state index in [1.54, 1.807) is 0 Å². The van der Waals surface area contributed by atoms with E-state index in [2.05, 4.69) is 4.98 Å². The molecule has 96 valence electrons. The highest BCUT2D eigenvalue weighted by Gasteiger charge is 2.16. The summed E-state index contributed by atoms with van der Waals surface area (Å²) in [6.45, 7) is 1.47. The van der Waals surface area contributed by atoms with Gasteiger partial charge in [0.25, 0.3) is 12.0 Å². The molecule has 0 radical (unpaired) electrons. The van der Waals surface area contributed by atoms with Crippen LogP contribution in [0.3, 0.4) is 0 Å². The Bertz CT molecular complexity index is 747. The van der Waals surface area contributed by atoms with E-state index in [1.165, 1.54) is 21.0 Å². The molecule has 5 nitrogen and oxygen atoms in total. The van der Waals surface area contributed by atoms with Gasteiger partial charge in [-0.2, -0.15) is 0 Å². The normalized spacial score (nSPS) is 11.4. The number of aryl methyl sites for hydroxylation is 2. The molecule has 0 unspecified atom stereocenters. The van der Waals surface area contributed by atoms with Gasteiger partial charge in [0.05, 0.1) is 16.6 Å². The van der Waals surface area contributed by atoms with Crippen molar-refractivity contribution in [3.05, 3.63) is 38.3 Å². The number of halogens is 2. The molecule has 0 saturated heterocycles. The fourth-order valence-corrected chi connectivity index (χ4v) is 1.90. The van der Waals surface area contributed by atoms with Crippen molar-refractivity contribution in [2.24, 2.45) is 14.1 Å². The number of pyridine rings is 1. The molecule has 7 heteroatoms. The quantitative estimate of drug-likeness (QED) is 0.760. The lowest BCUT2D eigenvalue weighted by atomic mass is 10.2. The molecule has 0 atom stereocenters. The smallest absolute Gasteiger partial charge is 0.296 e. The second kappa shape index (κ2) is 4.01. The van der Waals surface area contributed by atoms with Gasteiger partial charge in [-0.1, -0.05) is 0 Å². The lowest BCUT2D eigenvalue weighted by Gasteiger charge is -2.10. The lowest BCUT2D eigenvalue weighted by Crippen LogP contribution is -2.37. The molecular formula is C11H11F2N3O2. The third-order valence-corrected chi connectivity index (χ3v) is 2.88. The zero-order valence-electron chi connectivity index (χ0n) is 10.1. The average molecular weight is 255 g/mol. The summed E-state index contributed by atoms with van der Waals surface area (Å²) in [7, 11) is 2.77. The summed E-state index contributed by atoms with van der Waals surface area (Å²) in [5.41, 5.74) is -1.16. The van der Waals surface area contributed by atoms with E-state index in [4.69, 9.17) is 0 Å². The molecule has 0 N–H and O–H groups in total. The van der Waals surface area contributed by atoms with Crippen molar-refractivity contribution in [3.8, 4) is 0 Å². The summed E-state index contributed by atoms with van der Waals surface area (Å²) in [4.78, 5) is 27.3. The van der Waals surface area contributed by atoms with Crippen molar-refractivity contribution in [2.45, 2.75) is 13.3 Å². The molecule has 0 spiro atoms. The first-order valence-corrected chi connectivity index (χ1v) is 5.20. The van der Waals surface area contributed by atoms with Gasteiger partial charge in [0.2, 0.25) is 0 Å². The molecule has 0 amide bonds. The molecule has 2 aromatic rings. The number of rotatable bonds is 1. The molecule has 0 aliphatic carbocycles. The van der Waals surface area contributed by atoms with Crippen LogP contribution in [0.15, 0.2) is 15.7 Å². The SMILES string of the molecule is Cc1nc(C(F)F)cc2c1c(=O)n(C)c(=O)n2C. The number of aromatic nitrogens is 3. The van der Waals surface area contributed by atoms with E-state index in [1.807, 2.05) is 0 Å². The zero-order valence-corrected chi connectivity index (χ0v) is 10.1. The maximum Gasteiger partial charge on any atom is 0.330 e. The summed E-state index contributed by atoms with van der Waals surface area (Å²) in [5, 5.41) is 0.184. The van der Waals surface area contributed by atoms with E-state index in [9.17, 15) is 18.4 Å². The standard InChI is InChI=1S/C11H11F2N3O2/c1-5-8-7(4-6(14-5)9(12)13)15(2)11(18)16(3)10(8)17/h4,9H,1-3H3. The molecule has 18 heavy (non-hydrogen) atoms. The van der Waals surface area contributed by atoms with E-state index < -0.39 is 23.4 Å². The predicted octanol–water partition coefficient (Wildman–Crippen LogP) is 0.878. The number of alkyl halides is 2. The van der Waals surface area contributed by atoms with Gasteiger partial charge in [-0.3, -0.25) is 18.9 Å². The largest absolute Gasteiger partial charge is 0.330 e. The topological polar surface area (TPSA) is 56.9 Å². The minimum atomic E-state index is -2.74. The number of nitrogens with zero attached hydrogens (tertiary/aromatic N) is 3. The van der Waals surface area contributed by atoms with Gasteiger partial charge < -0.3 is 0 Å². The van der Waals surface area contributed by atoms with Crippen LogP contribution in [0.5, 0.6) is 0 Å². The van der Waals surface area contributed by atoms with Crippen LogP contribution in [-0.4, -0.2) is 14.1 Å². The van der Waals surface area contributed by atoms with Crippen LogP contribution >= 0.6 is 0 Å². The van der Waals surface area contributed by atoms with Crippen LogP contribution in [-0.2, 0) is 14.1 Å². The molecule has 0 bridgehead atoms. The van der Waals surface area contributed by atoms with E-state index >= 15 is 0 Å². The zero-order chi connectivity index (χ0) is 13.6. The van der Waals surface area contributed by atoms with Gasteiger partial charge >= 0.3 is 5.69 Å². The van der Waals surface area contributed by atoms with Gasteiger partial charge in [-0.15, -0.1) is 0 Å². The number of hydrogen-bond donors (Lipinski definition) is 0. The molecule has 2 heterocycles. The Kier molecular flexibility index (Phi) is 2.76. The monoisotopic (exact) mass is 255 g/mol. The summed E-state index contributed by atoms with van der Waals surface area (Å²) >= 11 is 0. The van der Waals surface area contributed by atoms with Crippen LogP contribution in [0.4, 0.5) is 8.78 Å². The highest BCUT2D eigenvalue weighted by molar-refractivity contribution is 5.80. The highest BCUT2D eigenvalue weighted by Crippen LogP contribution is 2.21. The predicted molar refractivity (Wildman–Crippen MR) is 61.9 cm³/mol. The Morgan fingerprint density at radius 1 is 1.22 bits per heavy atom. The first-order chi connectivity index (χ1) is 8.34. The van der Waals surface area contributed by atoms with Crippen LogP contribution in [0.1, 0.15) is 17.8 Å². The van der Waals surface area contributed by atoms with Crippen molar-refractivity contribution >= 4 is 10.9 Å². The second-order valence-electron chi connectivity index (χ2n) is 4.03. The summed E-state index contributed by atoms with van der Waals surface area (Å²) in [5.74, 6) is 0. The Hall–Kier alpha value is -2.05. The molecular weight excluding hydrogens is 244 g/mol. The Labute approximate surface area is 100 Å². The van der Waals surface area contributed by atoms with Crippen molar-refractivity contribution in [3.63, 3.8) is 0 Å². The third kappa shape index (κ3) is 1.62. The molecule has 0 aliphatic rings. The summed E-state index contributed by atoms with van der Waals surface area (Å²) in [6.07, 6.45) is -2.74. The van der Waals surface area contributed by atoms with E-state index in [0.29, 0.717) is 0 Å². The van der Waals surface area contributed by atoms with Crippen molar-refractivity contribution < 1.29 is 8.78 Å². The van der Waals surface area contributed by atoms with E-state index in [0.717, 1.165) is 15.2 Å². The van der Waals surface area contributed by atoms with Crippen LogP contribution in [0.2, 0.25) is 0 Å². The molecule has 0 fully saturated rings. The summed E-state index contributed by atoms with van der Waals surface area (Å²) < 4.78 is 27.4. The van der Waals surface area contributed by atoms with Crippen LogP contribution in [0.25, 0.3) is 10.9 Å². The molecule has 0 aliphatic heterocycles. The average Bonchev–Trinajstić information content (AvgIpc) is 2.32. The molecule has 2 aromatic heterocycles. The van der Waals surface area contributed by atoms with E-state index in [-0.39, 0.29) is 16.6 Å².